The summed E-state index contributed by atoms with van der Waals surface area (Å²) in [6.45, 7) is 0.113. The van der Waals surface area contributed by atoms with Crippen LogP contribution >= 0.6 is 0 Å². The number of aromatic hydroxyl groups is 1. The van der Waals surface area contributed by atoms with Crippen LogP contribution < -0.4 is 4.74 Å². The van der Waals surface area contributed by atoms with Crippen LogP contribution in [0.3, 0.4) is 0 Å². The van der Waals surface area contributed by atoms with Crippen molar-refractivity contribution in [3.05, 3.63) is 59.9 Å². The Balaban J connectivity index is 1.33. The van der Waals surface area contributed by atoms with Crippen LogP contribution in [0.2, 0.25) is 0 Å². The molecule has 2 aliphatic heterocycles. The number of hydrogen-bond donors (Lipinski definition) is 2. The normalized spacial score (nSPS) is 33.9. The van der Waals surface area contributed by atoms with Crippen molar-refractivity contribution < 1.29 is 33.7 Å². The highest BCUT2D eigenvalue weighted by Crippen LogP contribution is 2.58. The lowest BCUT2D eigenvalue weighted by Gasteiger charge is -2.44. The lowest BCUT2D eigenvalue weighted by molar-refractivity contribution is -0.272. The summed E-state index contributed by atoms with van der Waals surface area (Å²) < 4.78 is 26.4. The van der Waals surface area contributed by atoms with Gasteiger partial charge in [-0.2, -0.15) is 0 Å². The van der Waals surface area contributed by atoms with Gasteiger partial charge in [-0.25, -0.2) is 4.39 Å². The number of benzene rings is 2. The van der Waals surface area contributed by atoms with Gasteiger partial charge < -0.3 is 19.7 Å². The molecule has 2 N–H and O–H groups in total. The number of amides is 2. The van der Waals surface area contributed by atoms with E-state index < -0.39 is 47.1 Å². The molecule has 7 nitrogen and oxygen atoms in total. The number of imide groups is 1. The lowest BCUT2D eigenvalue weighted by Crippen LogP contribution is -2.55. The second-order valence-corrected chi connectivity index (χ2v) is 10.9. The van der Waals surface area contributed by atoms with Gasteiger partial charge in [0.2, 0.25) is 11.8 Å². The Morgan fingerprint density at radius 3 is 2.51 bits per heavy atom. The number of rotatable bonds is 5. The molecule has 2 saturated heterocycles. The summed E-state index contributed by atoms with van der Waals surface area (Å²) in [5.74, 6) is -5.10. The van der Waals surface area contributed by atoms with Crippen molar-refractivity contribution >= 4 is 11.8 Å². The standard InChI is InChI=1S/C29H32FNO6/c30-23-13-17(11-12-24(23)32)25-15-22-26-21(27(33)31(28(26)34)19-7-3-1-4-8-19)14-18(29(22,35)37-25)16-36-20-9-5-2-6-10-20/h2,5-6,9-13,18-19,21-22,25-26,32,35H,1,3-4,7-8,14-16H2/t18-,21+,22+,25+,26+,29-/m1/s1. The first-order chi connectivity index (χ1) is 17.9. The van der Waals surface area contributed by atoms with E-state index in [0.717, 1.165) is 32.1 Å². The molecule has 6 rings (SSSR count). The number of phenols is 1. The number of para-hydroxylation sites is 1. The monoisotopic (exact) mass is 509 g/mol. The van der Waals surface area contributed by atoms with Gasteiger partial charge in [-0.15, -0.1) is 0 Å². The van der Waals surface area contributed by atoms with Crippen LogP contribution in [0, 0.1) is 29.5 Å². The highest BCUT2D eigenvalue weighted by Gasteiger charge is 2.67. The Bertz CT molecular complexity index is 1180. The van der Waals surface area contributed by atoms with Gasteiger partial charge in [0.05, 0.1) is 24.5 Å². The van der Waals surface area contributed by atoms with E-state index in [1.54, 1.807) is 6.07 Å². The second-order valence-electron chi connectivity index (χ2n) is 10.9. The van der Waals surface area contributed by atoms with E-state index in [1.165, 1.54) is 17.0 Å². The number of likely N-dealkylation sites (tertiary alicyclic amines) is 1. The van der Waals surface area contributed by atoms with E-state index in [9.17, 15) is 24.2 Å². The summed E-state index contributed by atoms with van der Waals surface area (Å²) in [6.07, 6.45) is 4.59. The van der Waals surface area contributed by atoms with Gasteiger partial charge in [0.15, 0.2) is 17.4 Å². The maximum absolute atomic E-state index is 14.2. The van der Waals surface area contributed by atoms with E-state index >= 15 is 0 Å². The van der Waals surface area contributed by atoms with Gasteiger partial charge in [0.25, 0.3) is 0 Å². The number of nitrogens with zero attached hydrogens (tertiary/aromatic N) is 1. The Kier molecular flexibility index (Phi) is 6.19. The molecular weight excluding hydrogens is 477 g/mol. The highest BCUT2D eigenvalue weighted by molar-refractivity contribution is 6.05. The van der Waals surface area contributed by atoms with Crippen molar-refractivity contribution in [2.75, 3.05) is 6.61 Å². The van der Waals surface area contributed by atoms with Crippen molar-refractivity contribution in [1.82, 2.24) is 4.90 Å². The quantitative estimate of drug-likeness (QED) is 0.583. The fourth-order valence-electron chi connectivity index (χ4n) is 7.04. The van der Waals surface area contributed by atoms with Gasteiger partial charge in [-0.1, -0.05) is 43.5 Å². The fourth-order valence-corrected chi connectivity index (χ4v) is 7.04. The maximum Gasteiger partial charge on any atom is 0.233 e. The van der Waals surface area contributed by atoms with E-state index in [-0.39, 0.29) is 37.3 Å². The predicted octanol–water partition coefficient (Wildman–Crippen LogP) is 4.33. The Hall–Kier alpha value is -2.97. The number of hydrogen-bond acceptors (Lipinski definition) is 6. The average molecular weight is 510 g/mol. The van der Waals surface area contributed by atoms with Crippen molar-refractivity contribution in [1.29, 1.82) is 0 Å². The van der Waals surface area contributed by atoms with Crippen LogP contribution in [0.1, 0.15) is 56.6 Å². The summed E-state index contributed by atoms with van der Waals surface area (Å²) in [7, 11) is 0. The number of carbonyl (C=O) groups excluding carboxylic acids is 2. The first kappa shape index (κ1) is 24.4. The first-order valence-corrected chi connectivity index (χ1v) is 13.3. The maximum atomic E-state index is 14.2. The fraction of sp³-hybridized carbons (Fsp3) is 0.517. The molecule has 8 heteroatoms. The summed E-state index contributed by atoms with van der Waals surface area (Å²) >= 11 is 0. The van der Waals surface area contributed by atoms with Crippen LogP contribution in [0.5, 0.6) is 11.5 Å². The smallest absolute Gasteiger partial charge is 0.233 e. The number of halogens is 1. The van der Waals surface area contributed by atoms with Crippen LogP contribution in [-0.2, 0) is 14.3 Å². The minimum Gasteiger partial charge on any atom is -0.505 e. The van der Waals surface area contributed by atoms with Crippen LogP contribution in [0.4, 0.5) is 4.39 Å². The SMILES string of the molecule is O=C1[C@H]2[C@H](C[C@H](COc3ccccc3)[C@@]3(O)O[C@H](c4ccc(O)c(F)c4)C[C@@H]23)C(=O)N1C1CCCCC1. The molecule has 37 heavy (non-hydrogen) atoms. The van der Waals surface area contributed by atoms with Crippen LogP contribution in [-0.4, -0.2) is 45.4 Å². The number of phenolic OH excluding ortho intramolecular Hbond substituents is 1. The third-order valence-corrected chi connectivity index (χ3v) is 8.88. The van der Waals surface area contributed by atoms with Gasteiger partial charge in [0, 0.05) is 17.9 Å². The molecule has 0 aromatic heterocycles. The predicted molar refractivity (Wildman–Crippen MR) is 131 cm³/mol. The van der Waals surface area contributed by atoms with E-state index in [2.05, 4.69) is 0 Å². The third kappa shape index (κ3) is 4.10. The van der Waals surface area contributed by atoms with E-state index in [0.29, 0.717) is 11.3 Å². The summed E-state index contributed by atoms with van der Waals surface area (Å²) in [6, 6.07) is 13.2. The van der Waals surface area contributed by atoms with E-state index in [1.807, 2.05) is 30.3 Å². The largest absolute Gasteiger partial charge is 0.505 e. The Labute approximate surface area is 215 Å². The third-order valence-electron chi connectivity index (χ3n) is 8.88. The zero-order valence-corrected chi connectivity index (χ0v) is 20.6. The van der Waals surface area contributed by atoms with Crippen LogP contribution in [0.25, 0.3) is 0 Å². The molecule has 2 heterocycles. The Morgan fingerprint density at radius 2 is 1.78 bits per heavy atom. The van der Waals surface area contributed by atoms with Gasteiger partial charge >= 0.3 is 0 Å². The molecule has 0 radical (unpaired) electrons. The molecular formula is C29H32FNO6. The molecule has 0 spiro atoms. The van der Waals surface area contributed by atoms with Crippen molar-refractivity contribution in [2.45, 2.75) is 62.9 Å². The minimum atomic E-state index is -1.71. The number of carbonyl (C=O) groups is 2. The number of aliphatic hydroxyl groups is 1. The second kappa shape index (κ2) is 9.40. The lowest BCUT2D eigenvalue weighted by atomic mass is 9.64. The molecule has 2 aromatic carbocycles. The topological polar surface area (TPSA) is 96.3 Å². The molecule has 196 valence electrons. The first-order valence-electron chi connectivity index (χ1n) is 13.3. The van der Waals surface area contributed by atoms with Crippen molar-refractivity contribution in [3.8, 4) is 11.5 Å². The van der Waals surface area contributed by atoms with Gasteiger partial charge in [-0.05, 0) is 55.5 Å². The molecule has 0 unspecified atom stereocenters. The Morgan fingerprint density at radius 1 is 1.03 bits per heavy atom. The minimum absolute atomic E-state index is 0.0872. The molecule has 2 aromatic rings. The molecule has 2 aliphatic carbocycles. The van der Waals surface area contributed by atoms with Crippen LogP contribution in [0.15, 0.2) is 48.5 Å². The zero-order chi connectivity index (χ0) is 25.7. The summed E-state index contributed by atoms with van der Waals surface area (Å²) in [5, 5.41) is 21.7. The molecule has 6 atom stereocenters. The molecule has 0 bridgehead atoms. The summed E-state index contributed by atoms with van der Waals surface area (Å²) in [4.78, 5) is 28.9. The van der Waals surface area contributed by atoms with Gasteiger partial charge in [0.1, 0.15) is 5.75 Å². The van der Waals surface area contributed by atoms with E-state index in [4.69, 9.17) is 9.47 Å². The van der Waals surface area contributed by atoms with Crippen molar-refractivity contribution in [2.24, 2.45) is 23.7 Å². The zero-order valence-electron chi connectivity index (χ0n) is 20.6. The molecule has 2 saturated carbocycles. The molecule has 2 amide bonds. The van der Waals surface area contributed by atoms with Crippen molar-refractivity contribution in [3.63, 3.8) is 0 Å². The highest BCUT2D eigenvalue weighted by atomic mass is 19.1. The molecule has 4 fully saturated rings. The number of ether oxygens (including phenoxy) is 2. The molecule has 4 aliphatic rings. The number of fused-ring (bicyclic) bond motifs is 3. The summed E-state index contributed by atoms with van der Waals surface area (Å²) in [5.41, 5.74) is 0.471. The van der Waals surface area contributed by atoms with Gasteiger partial charge in [-0.3, -0.25) is 14.5 Å². The average Bonchev–Trinajstić information content (AvgIpc) is 3.39.